The average molecular weight is 407 g/mol. The second-order valence-electron chi connectivity index (χ2n) is 5.26. The van der Waals surface area contributed by atoms with Crippen molar-refractivity contribution in [3.8, 4) is 0 Å². The van der Waals surface area contributed by atoms with Gasteiger partial charge in [-0.3, -0.25) is 4.40 Å². The Bertz CT molecular complexity index is 1080. The molecule has 0 atom stereocenters. The Labute approximate surface area is 149 Å². The number of fused-ring (bicyclic) bond motifs is 3. The van der Waals surface area contributed by atoms with Crippen LogP contribution in [0.1, 0.15) is 0 Å². The van der Waals surface area contributed by atoms with Crippen LogP contribution in [0.4, 0.5) is 15.9 Å². The first-order valence-corrected chi connectivity index (χ1v) is 8.19. The highest BCUT2D eigenvalue weighted by atomic mass is 79.9. The number of hydrogen-bond acceptors (Lipinski definition) is 4. The van der Waals surface area contributed by atoms with Crippen LogP contribution >= 0.6 is 27.5 Å². The molecule has 0 bridgehead atoms. The molecule has 0 saturated carbocycles. The standard InChI is InChI=1S/C16H10BrClFN5/c1-23(10-4-2-3-9(17)5-10)15-11-6-13(19)12(18)7-14(11)24-8-20-22-16(24)21-15/h2-8H,1H3. The largest absolute Gasteiger partial charge is 0.329 e. The van der Waals surface area contributed by atoms with Gasteiger partial charge in [0.05, 0.1) is 10.5 Å². The summed E-state index contributed by atoms with van der Waals surface area (Å²) in [5, 5.41) is 8.54. The minimum Gasteiger partial charge on any atom is -0.329 e. The van der Waals surface area contributed by atoms with Crippen molar-refractivity contribution in [1.82, 2.24) is 19.6 Å². The van der Waals surface area contributed by atoms with Gasteiger partial charge in [-0.2, -0.15) is 4.98 Å². The van der Waals surface area contributed by atoms with Gasteiger partial charge in [-0.05, 0) is 30.3 Å². The smallest absolute Gasteiger partial charge is 0.257 e. The van der Waals surface area contributed by atoms with Gasteiger partial charge in [0.1, 0.15) is 18.0 Å². The lowest BCUT2D eigenvalue weighted by molar-refractivity contribution is 0.630. The van der Waals surface area contributed by atoms with Crippen LogP contribution in [-0.4, -0.2) is 26.6 Å². The maximum Gasteiger partial charge on any atom is 0.257 e. The van der Waals surface area contributed by atoms with Crippen LogP contribution in [0.2, 0.25) is 5.02 Å². The van der Waals surface area contributed by atoms with Gasteiger partial charge in [-0.1, -0.05) is 33.6 Å². The van der Waals surface area contributed by atoms with E-state index in [1.165, 1.54) is 12.4 Å². The molecule has 0 radical (unpaired) electrons. The molecule has 0 aliphatic rings. The second-order valence-corrected chi connectivity index (χ2v) is 6.58. The molecule has 2 aromatic heterocycles. The molecule has 0 amide bonds. The molecule has 0 spiro atoms. The normalized spacial score (nSPS) is 11.3. The lowest BCUT2D eigenvalue weighted by Gasteiger charge is -2.21. The van der Waals surface area contributed by atoms with Gasteiger partial charge in [0, 0.05) is 22.6 Å². The van der Waals surface area contributed by atoms with Crippen molar-refractivity contribution in [3.05, 3.63) is 58.0 Å². The molecule has 2 aromatic carbocycles. The van der Waals surface area contributed by atoms with E-state index in [0.717, 1.165) is 10.2 Å². The average Bonchev–Trinajstić information content (AvgIpc) is 3.03. The predicted octanol–water partition coefficient (Wildman–Crippen LogP) is 4.60. The van der Waals surface area contributed by atoms with Gasteiger partial charge in [-0.25, -0.2) is 4.39 Å². The summed E-state index contributed by atoms with van der Waals surface area (Å²) in [6.07, 6.45) is 1.53. The summed E-state index contributed by atoms with van der Waals surface area (Å²) in [6, 6.07) is 10.7. The van der Waals surface area contributed by atoms with E-state index >= 15 is 0 Å². The third kappa shape index (κ3) is 2.40. The van der Waals surface area contributed by atoms with Crippen molar-refractivity contribution in [3.63, 3.8) is 0 Å². The van der Waals surface area contributed by atoms with Crippen molar-refractivity contribution in [1.29, 1.82) is 0 Å². The van der Waals surface area contributed by atoms with E-state index in [1.54, 1.807) is 10.5 Å². The van der Waals surface area contributed by atoms with Crippen molar-refractivity contribution < 1.29 is 4.39 Å². The van der Waals surface area contributed by atoms with E-state index in [4.69, 9.17) is 11.6 Å². The molecule has 120 valence electrons. The van der Waals surface area contributed by atoms with Crippen LogP contribution in [0.3, 0.4) is 0 Å². The van der Waals surface area contributed by atoms with Gasteiger partial charge >= 0.3 is 0 Å². The number of rotatable bonds is 2. The van der Waals surface area contributed by atoms with Crippen molar-refractivity contribution in [2.24, 2.45) is 0 Å². The molecule has 0 aliphatic heterocycles. The lowest BCUT2D eigenvalue weighted by atomic mass is 10.2. The summed E-state index contributed by atoms with van der Waals surface area (Å²) in [6.45, 7) is 0. The Morgan fingerprint density at radius 3 is 2.88 bits per heavy atom. The highest BCUT2D eigenvalue weighted by molar-refractivity contribution is 9.10. The summed E-state index contributed by atoms with van der Waals surface area (Å²) in [7, 11) is 1.86. The van der Waals surface area contributed by atoms with Crippen molar-refractivity contribution in [2.45, 2.75) is 0 Å². The fourth-order valence-corrected chi connectivity index (χ4v) is 3.15. The predicted molar refractivity (Wildman–Crippen MR) is 95.5 cm³/mol. The van der Waals surface area contributed by atoms with Gasteiger partial charge in [0.15, 0.2) is 0 Å². The molecule has 2 heterocycles. The molecule has 24 heavy (non-hydrogen) atoms. The Morgan fingerprint density at radius 2 is 2.08 bits per heavy atom. The number of hydrogen-bond donors (Lipinski definition) is 0. The first-order chi connectivity index (χ1) is 11.5. The Hall–Kier alpha value is -2.25. The van der Waals surface area contributed by atoms with Crippen LogP contribution < -0.4 is 4.90 Å². The second kappa shape index (κ2) is 5.68. The van der Waals surface area contributed by atoms with Crippen LogP contribution in [0, 0.1) is 5.82 Å². The van der Waals surface area contributed by atoms with Crippen molar-refractivity contribution >= 4 is 55.7 Å². The van der Waals surface area contributed by atoms with Gasteiger partial charge in [0.25, 0.3) is 5.78 Å². The quantitative estimate of drug-likeness (QED) is 0.488. The SMILES string of the molecule is CN(c1cccc(Br)c1)c1nc2nncn2c2cc(Cl)c(F)cc12. The molecular formula is C16H10BrClFN5. The Kier molecular flexibility index (Phi) is 3.62. The molecular weight excluding hydrogens is 397 g/mol. The third-order valence-electron chi connectivity index (χ3n) is 3.79. The monoisotopic (exact) mass is 405 g/mol. The van der Waals surface area contributed by atoms with Gasteiger partial charge in [0.2, 0.25) is 0 Å². The Morgan fingerprint density at radius 1 is 1.25 bits per heavy atom. The maximum absolute atomic E-state index is 14.1. The summed E-state index contributed by atoms with van der Waals surface area (Å²) in [4.78, 5) is 6.40. The highest BCUT2D eigenvalue weighted by Crippen LogP contribution is 2.33. The molecule has 0 aliphatic carbocycles. The summed E-state index contributed by atoms with van der Waals surface area (Å²) < 4.78 is 16.7. The molecule has 4 rings (SSSR count). The minimum absolute atomic E-state index is 0.0414. The van der Waals surface area contributed by atoms with E-state index < -0.39 is 5.82 Å². The lowest BCUT2D eigenvalue weighted by Crippen LogP contribution is -2.13. The minimum atomic E-state index is -0.498. The summed E-state index contributed by atoms with van der Waals surface area (Å²) in [5.74, 6) is 0.489. The Balaban J connectivity index is 2.04. The molecule has 0 unspecified atom stereocenters. The molecule has 0 saturated heterocycles. The first-order valence-electron chi connectivity index (χ1n) is 7.02. The van der Waals surface area contributed by atoms with Gasteiger partial charge in [-0.15, -0.1) is 10.2 Å². The zero-order valence-electron chi connectivity index (χ0n) is 12.4. The molecule has 4 aromatic rings. The van der Waals surface area contributed by atoms with E-state index in [2.05, 4.69) is 31.1 Å². The van der Waals surface area contributed by atoms with Crippen LogP contribution in [0.5, 0.6) is 0 Å². The molecule has 0 N–H and O–H groups in total. The maximum atomic E-state index is 14.1. The topological polar surface area (TPSA) is 46.3 Å². The summed E-state index contributed by atoms with van der Waals surface area (Å²) >= 11 is 9.41. The van der Waals surface area contributed by atoms with Gasteiger partial charge < -0.3 is 4.90 Å². The fourth-order valence-electron chi connectivity index (χ4n) is 2.61. The third-order valence-corrected chi connectivity index (χ3v) is 4.57. The number of halogens is 3. The fraction of sp³-hybridized carbons (Fsp3) is 0.0625. The highest BCUT2D eigenvalue weighted by Gasteiger charge is 2.17. The molecule has 8 heteroatoms. The van der Waals surface area contributed by atoms with Crippen LogP contribution in [-0.2, 0) is 0 Å². The van der Waals surface area contributed by atoms with Crippen LogP contribution in [0.15, 0.2) is 47.2 Å². The molecule has 0 fully saturated rings. The zero-order chi connectivity index (χ0) is 16.8. The zero-order valence-corrected chi connectivity index (χ0v) is 14.8. The first kappa shape index (κ1) is 15.3. The van der Waals surface area contributed by atoms with E-state index in [9.17, 15) is 4.39 Å². The number of aromatic nitrogens is 4. The number of benzene rings is 2. The summed E-state index contributed by atoms with van der Waals surface area (Å²) in [5.41, 5.74) is 1.59. The number of nitrogens with zero attached hydrogens (tertiary/aromatic N) is 5. The van der Waals surface area contributed by atoms with E-state index in [1.807, 2.05) is 36.2 Å². The van der Waals surface area contributed by atoms with Crippen molar-refractivity contribution in [2.75, 3.05) is 11.9 Å². The number of anilines is 2. The molecule has 5 nitrogen and oxygen atoms in total. The van der Waals surface area contributed by atoms with Crippen LogP contribution in [0.25, 0.3) is 16.7 Å². The van der Waals surface area contributed by atoms with E-state index in [0.29, 0.717) is 22.5 Å². The van der Waals surface area contributed by atoms with E-state index in [-0.39, 0.29) is 5.02 Å².